The molecule has 0 fully saturated rings. The highest BCUT2D eigenvalue weighted by atomic mass is 16.5. The predicted molar refractivity (Wildman–Crippen MR) is 79.0 cm³/mol. The third-order valence-electron chi connectivity index (χ3n) is 3.33. The van der Waals surface area contributed by atoms with Crippen LogP contribution in [0.3, 0.4) is 0 Å². The Morgan fingerprint density at radius 1 is 1.30 bits per heavy atom. The second-order valence-corrected chi connectivity index (χ2v) is 4.93. The Balaban J connectivity index is 2.35. The van der Waals surface area contributed by atoms with Gasteiger partial charge in [0.2, 0.25) is 0 Å². The van der Waals surface area contributed by atoms with Crippen molar-refractivity contribution in [2.24, 2.45) is 0 Å². The lowest BCUT2D eigenvalue weighted by Crippen LogP contribution is -2.06. The molecule has 3 rings (SSSR count). The lowest BCUT2D eigenvalue weighted by atomic mass is 10.1. The number of hydrogen-bond acceptors (Lipinski definition) is 3. The van der Waals surface area contributed by atoms with E-state index in [1.54, 1.807) is 13.0 Å². The largest absolute Gasteiger partial charge is 0.462 e. The topological polar surface area (TPSA) is 55.0 Å². The van der Waals surface area contributed by atoms with Crippen molar-refractivity contribution in [3.63, 3.8) is 0 Å². The molecule has 102 valence electrons. The number of nitrogens with one attached hydrogen (secondary N) is 1. The summed E-state index contributed by atoms with van der Waals surface area (Å²) in [6, 6.07) is 7.90. The van der Waals surface area contributed by atoms with Crippen LogP contribution in [0.15, 0.2) is 24.3 Å². The normalized spacial score (nSPS) is 11.2. The van der Waals surface area contributed by atoms with Gasteiger partial charge in [0.05, 0.1) is 23.2 Å². The van der Waals surface area contributed by atoms with Gasteiger partial charge in [-0.3, -0.25) is 4.98 Å². The second kappa shape index (κ2) is 4.63. The second-order valence-electron chi connectivity index (χ2n) is 4.93. The molecule has 2 heterocycles. The number of fused-ring (bicyclic) bond motifs is 3. The molecule has 0 unspecified atom stereocenters. The highest BCUT2D eigenvalue weighted by molar-refractivity contribution is 6.12. The fourth-order valence-electron chi connectivity index (χ4n) is 2.47. The van der Waals surface area contributed by atoms with Crippen molar-refractivity contribution >= 4 is 27.9 Å². The monoisotopic (exact) mass is 268 g/mol. The van der Waals surface area contributed by atoms with E-state index in [0.29, 0.717) is 12.2 Å². The molecule has 20 heavy (non-hydrogen) atoms. The number of H-pyrrole nitrogens is 1. The fourth-order valence-corrected chi connectivity index (χ4v) is 2.47. The summed E-state index contributed by atoms with van der Waals surface area (Å²) in [4.78, 5) is 19.9. The Morgan fingerprint density at radius 3 is 2.85 bits per heavy atom. The third-order valence-corrected chi connectivity index (χ3v) is 3.33. The SMILES string of the molecule is CCOC(=O)c1cc(C)nc2c1[nH]c1cc(C)ccc12. The zero-order valence-corrected chi connectivity index (χ0v) is 11.8. The van der Waals surface area contributed by atoms with Gasteiger partial charge in [-0.05, 0) is 38.5 Å². The van der Waals surface area contributed by atoms with Crippen LogP contribution >= 0.6 is 0 Å². The summed E-state index contributed by atoms with van der Waals surface area (Å²) in [5.74, 6) is -0.314. The Hall–Kier alpha value is -2.36. The van der Waals surface area contributed by atoms with E-state index in [9.17, 15) is 4.79 Å². The lowest BCUT2D eigenvalue weighted by Gasteiger charge is -2.04. The van der Waals surface area contributed by atoms with Gasteiger partial charge in [0, 0.05) is 16.6 Å². The van der Waals surface area contributed by atoms with Crippen LogP contribution in [0.5, 0.6) is 0 Å². The number of benzene rings is 1. The summed E-state index contributed by atoms with van der Waals surface area (Å²) in [6.45, 7) is 6.09. The van der Waals surface area contributed by atoms with Gasteiger partial charge in [-0.2, -0.15) is 0 Å². The number of esters is 1. The van der Waals surface area contributed by atoms with Crippen LogP contribution in [-0.2, 0) is 4.74 Å². The minimum absolute atomic E-state index is 0.314. The van der Waals surface area contributed by atoms with Crippen LogP contribution in [0.1, 0.15) is 28.5 Å². The molecular formula is C16H16N2O2. The molecule has 0 aliphatic carbocycles. The molecule has 0 spiro atoms. The van der Waals surface area contributed by atoms with Gasteiger partial charge in [0.25, 0.3) is 0 Å². The average Bonchev–Trinajstić information content (AvgIpc) is 2.75. The third kappa shape index (κ3) is 1.93. The summed E-state index contributed by atoms with van der Waals surface area (Å²) in [5.41, 5.74) is 5.07. The van der Waals surface area contributed by atoms with E-state index in [4.69, 9.17) is 4.74 Å². The van der Waals surface area contributed by atoms with Gasteiger partial charge in [-0.25, -0.2) is 4.79 Å². The maximum Gasteiger partial charge on any atom is 0.340 e. The molecule has 0 bridgehead atoms. The van der Waals surface area contributed by atoms with E-state index in [1.165, 1.54) is 5.56 Å². The molecule has 0 aliphatic rings. The van der Waals surface area contributed by atoms with Crippen molar-refractivity contribution in [3.05, 3.63) is 41.1 Å². The van der Waals surface area contributed by atoms with E-state index >= 15 is 0 Å². The molecule has 0 amide bonds. The standard InChI is InChI=1S/C16H16N2O2/c1-4-20-16(19)12-8-10(3)17-14-11-6-5-9(2)7-13(11)18-15(12)14/h5-8,18H,4H2,1-3H3. The van der Waals surface area contributed by atoms with Crippen LogP contribution < -0.4 is 0 Å². The van der Waals surface area contributed by atoms with Gasteiger partial charge in [0.1, 0.15) is 0 Å². The number of ether oxygens (including phenoxy) is 1. The maximum atomic E-state index is 12.1. The number of carbonyl (C=O) groups is 1. The van der Waals surface area contributed by atoms with Crippen molar-refractivity contribution in [2.45, 2.75) is 20.8 Å². The molecule has 1 aromatic carbocycles. The Bertz CT molecular complexity index is 818. The minimum atomic E-state index is -0.314. The molecule has 0 radical (unpaired) electrons. The van der Waals surface area contributed by atoms with Crippen LogP contribution in [0.25, 0.3) is 21.9 Å². The van der Waals surface area contributed by atoms with Gasteiger partial charge in [0.15, 0.2) is 0 Å². The maximum absolute atomic E-state index is 12.1. The number of aryl methyl sites for hydroxylation is 2. The van der Waals surface area contributed by atoms with Crippen LogP contribution in [0, 0.1) is 13.8 Å². The summed E-state index contributed by atoms with van der Waals surface area (Å²) in [7, 11) is 0. The van der Waals surface area contributed by atoms with Crippen LogP contribution in [0.4, 0.5) is 0 Å². The molecule has 0 saturated heterocycles. The Morgan fingerprint density at radius 2 is 2.10 bits per heavy atom. The van der Waals surface area contributed by atoms with Crippen LogP contribution in [0.2, 0.25) is 0 Å². The zero-order valence-electron chi connectivity index (χ0n) is 11.8. The number of carbonyl (C=O) groups excluding carboxylic acids is 1. The number of aromatic amines is 1. The molecule has 0 atom stereocenters. The van der Waals surface area contributed by atoms with Gasteiger partial charge >= 0.3 is 5.97 Å². The first-order chi connectivity index (χ1) is 9.60. The zero-order chi connectivity index (χ0) is 14.3. The molecule has 4 nitrogen and oxygen atoms in total. The Kier molecular flexibility index (Phi) is 2.93. The van der Waals surface area contributed by atoms with Gasteiger partial charge in [-0.1, -0.05) is 12.1 Å². The first-order valence-electron chi connectivity index (χ1n) is 6.67. The Labute approximate surface area is 116 Å². The van der Waals surface area contributed by atoms with Gasteiger partial charge < -0.3 is 9.72 Å². The number of pyridine rings is 1. The molecule has 0 aliphatic heterocycles. The average molecular weight is 268 g/mol. The summed E-state index contributed by atoms with van der Waals surface area (Å²) in [5, 5.41) is 1.03. The highest BCUT2D eigenvalue weighted by Crippen LogP contribution is 2.27. The lowest BCUT2D eigenvalue weighted by molar-refractivity contribution is 0.0528. The highest BCUT2D eigenvalue weighted by Gasteiger charge is 2.16. The van der Waals surface area contributed by atoms with E-state index in [1.807, 2.05) is 26.0 Å². The van der Waals surface area contributed by atoms with Crippen LogP contribution in [-0.4, -0.2) is 22.5 Å². The first kappa shape index (κ1) is 12.7. The number of nitrogens with zero attached hydrogens (tertiary/aromatic N) is 1. The first-order valence-corrected chi connectivity index (χ1v) is 6.67. The van der Waals surface area contributed by atoms with Crippen molar-refractivity contribution in [1.29, 1.82) is 0 Å². The summed E-state index contributed by atoms with van der Waals surface area (Å²) >= 11 is 0. The number of hydrogen-bond donors (Lipinski definition) is 1. The molecule has 2 aromatic heterocycles. The van der Waals surface area contributed by atoms with E-state index in [-0.39, 0.29) is 5.97 Å². The van der Waals surface area contributed by atoms with E-state index < -0.39 is 0 Å². The minimum Gasteiger partial charge on any atom is -0.462 e. The van der Waals surface area contributed by atoms with Crippen molar-refractivity contribution in [1.82, 2.24) is 9.97 Å². The van der Waals surface area contributed by atoms with Crippen molar-refractivity contribution < 1.29 is 9.53 Å². The van der Waals surface area contributed by atoms with Crippen molar-refractivity contribution in [2.75, 3.05) is 6.61 Å². The molecule has 0 saturated carbocycles. The summed E-state index contributed by atoms with van der Waals surface area (Å²) < 4.78 is 5.12. The fraction of sp³-hybridized carbons (Fsp3) is 0.250. The number of rotatable bonds is 2. The molecule has 3 aromatic rings. The molecular weight excluding hydrogens is 252 g/mol. The molecule has 4 heteroatoms. The van der Waals surface area contributed by atoms with E-state index in [0.717, 1.165) is 27.6 Å². The number of aromatic nitrogens is 2. The summed E-state index contributed by atoms with van der Waals surface area (Å²) in [6.07, 6.45) is 0. The quantitative estimate of drug-likeness (QED) is 0.723. The van der Waals surface area contributed by atoms with Gasteiger partial charge in [-0.15, -0.1) is 0 Å². The van der Waals surface area contributed by atoms with E-state index in [2.05, 4.69) is 16.0 Å². The molecule has 1 N–H and O–H groups in total. The smallest absolute Gasteiger partial charge is 0.340 e. The predicted octanol–water partition coefficient (Wildman–Crippen LogP) is 3.51. The van der Waals surface area contributed by atoms with Crippen molar-refractivity contribution in [3.8, 4) is 0 Å².